The Labute approximate surface area is 80.5 Å². The number of piperazine rings is 1. The molecule has 1 N–H and O–H groups in total. The minimum absolute atomic E-state index is 0.0637. The van der Waals surface area contributed by atoms with Crippen LogP contribution >= 0.6 is 0 Å². The summed E-state index contributed by atoms with van der Waals surface area (Å²) in [5, 5.41) is 3.26. The van der Waals surface area contributed by atoms with Crippen molar-refractivity contribution in [2.75, 3.05) is 26.7 Å². The van der Waals surface area contributed by atoms with Crippen LogP contribution in [-0.2, 0) is 4.79 Å². The van der Waals surface area contributed by atoms with Crippen LogP contribution < -0.4 is 5.32 Å². The average Bonchev–Trinajstić information content (AvgIpc) is 2.02. The van der Waals surface area contributed by atoms with Gasteiger partial charge in [0.05, 0.1) is 6.04 Å². The maximum atomic E-state index is 11.9. The van der Waals surface area contributed by atoms with Gasteiger partial charge in [0.15, 0.2) is 5.78 Å². The highest BCUT2D eigenvalue weighted by Crippen LogP contribution is 2.19. The SMILES string of the molecule is CN1CCNCC1C(=O)C(C)(C)C. The van der Waals surface area contributed by atoms with E-state index in [0.717, 1.165) is 19.6 Å². The fraction of sp³-hybridized carbons (Fsp3) is 0.900. The molecule has 1 rings (SSSR count). The average molecular weight is 184 g/mol. The molecule has 76 valence electrons. The van der Waals surface area contributed by atoms with Crippen LogP contribution in [0.3, 0.4) is 0 Å². The Morgan fingerprint density at radius 1 is 1.46 bits per heavy atom. The topological polar surface area (TPSA) is 32.3 Å². The fourth-order valence-corrected chi connectivity index (χ4v) is 1.60. The maximum absolute atomic E-state index is 11.9. The van der Waals surface area contributed by atoms with Gasteiger partial charge in [0.1, 0.15) is 0 Å². The third-order valence-electron chi connectivity index (χ3n) is 2.55. The summed E-state index contributed by atoms with van der Waals surface area (Å²) >= 11 is 0. The number of nitrogens with zero attached hydrogens (tertiary/aromatic N) is 1. The van der Waals surface area contributed by atoms with Gasteiger partial charge in [-0.15, -0.1) is 0 Å². The molecule has 1 atom stereocenters. The van der Waals surface area contributed by atoms with Gasteiger partial charge in [0.25, 0.3) is 0 Å². The zero-order valence-electron chi connectivity index (χ0n) is 9.05. The van der Waals surface area contributed by atoms with Crippen molar-refractivity contribution >= 4 is 5.78 Å². The third kappa shape index (κ3) is 2.51. The summed E-state index contributed by atoms with van der Waals surface area (Å²) in [5.74, 6) is 0.335. The number of likely N-dealkylation sites (N-methyl/N-ethyl adjacent to an activating group) is 1. The molecule has 1 unspecified atom stereocenters. The van der Waals surface area contributed by atoms with Crippen molar-refractivity contribution in [2.45, 2.75) is 26.8 Å². The monoisotopic (exact) mass is 184 g/mol. The minimum Gasteiger partial charge on any atom is -0.313 e. The van der Waals surface area contributed by atoms with Crippen LogP contribution in [0, 0.1) is 5.41 Å². The quantitative estimate of drug-likeness (QED) is 0.644. The molecule has 0 aromatic rings. The van der Waals surface area contributed by atoms with Crippen LogP contribution in [0.1, 0.15) is 20.8 Å². The number of carbonyl (C=O) groups excluding carboxylic acids is 1. The molecular formula is C10H20N2O. The molecule has 1 heterocycles. The number of hydrogen-bond acceptors (Lipinski definition) is 3. The Morgan fingerprint density at radius 3 is 2.54 bits per heavy atom. The van der Waals surface area contributed by atoms with E-state index in [4.69, 9.17) is 0 Å². The smallest absolute Gasteiger partial charge is 0.156 e. The number of rotatable bonds is 1. The molecule has 1 aliphatic rings. The van der Waals surface area contributed by atoms with E-state index >= 15 is 0 Å². The molecule has 1 saturated heterocycles. The second-order valence-electron chi connectivity index (χ2n) is 4.81. The lowest BCUT2D eigenvalue weighted by Crippen LogP contribution is -2.55. The predicted molar refractivity (Wildman–Crippen MR) is 53.7 cm³/mol. The van der Waals surface area contributed by atoms with Crippen molar-refractivity contribution in [1.29, 1.82) is 0 Å². The molecule has 0 spiro atoms. The molecule has 0 aromatic heterocycles. The van der Waals surface area contributed by atoms with Crippen molar-refractivity contribution in [1.82, 2.24) is 10.2 Å². The van der Waals surface area contributed by atoms with Crippen molar-refractivity contribution < 1.29 is 4.79 Å². The lowest BCUT2D eigenvalue weighted by atomic mass is 9.85. The second kappa shape index (κ2) is 3.76. The van der Waals surface area contributed by atoms with Gasteiger partial charge in [-0.2, -0.15) is 0 Å². The number of ketones is 1. The van der Waals surface area contributed by atoms with E-state index in [0.29, 0.717) is 5.78 Å². The first-order valence-corrected chi connectivity index (χ1v) is 4.88. The summed E-state index contributed by atoms with van der Waals surface area (Å²) in [6, 6.07) is 0.0637. The van der Waals surface area contributed by atoms with Gasteiger partial charge in [-0.05, 0) is 7.05 Å². The minimum atomic E-state index is -0.224. The molecule has 0 bridgehead atoms. The Bertz CT molecular complexity index is 196. The Balaban J connectivity index is 2.64. The first-order valence-electron chi connectivity index (χ1n) is 4.88. The summed E-state index contributed by atoms with van der Waals surface area (Å²) in [4.78, 5) is 14.1. The largest absolute Gasteiger partial charge is 0.313 e. The number of carbonyl (C=O) groups is 1. The standard InChI is InChI=1S/C10H20N2O/c1-10(2,3)9(13)8-7-11-5-6-12(8)4/h8,11H,5-7H2,1-4H3. The van der Waals surface area contributed by atoms with Crippen LogP contribution in [0.2, 0.25) is 0 Å². The molecule has 0 amide bonds. The fourth-order valence-electron chi connectivity index (χ4n) is 1.60. The van der Waals surface area contributed by atoms with E-state index in [-0.39, 0.29) is 11.5 Å². The van der Waals surface area contributed by atoms with Crippen LogP contribution in [0.4, 0.5) is 0 Å². The summed E-state index contributed by atoms with van der Waals surface area (Å²) in [6.45, 7) is 8.71. The van der Waals surface area contributed by atoms with Gasteiger partial charge in [-0.25, -0.2) is 0 Å². The molecule has 13 heavy (non-hydrogen) atoms. The van der Waals surface area contributed by atoms with Gasteiger partial charge in [-0.1, -0.05) is 20.8 Å². The molecule has 0 radical (unpaired) electrons. The van der Waals surface area contributed by atoms with Crippen LogP contribution in [0.15, 0.2) is 0 Å². The third-order valence-corrected chi connectivity index (χ3v) is 2.55. The van der Waals surface area contributed by atoms with Crippen molar-refractivity contribution in [3.63, 3.8) is 0 Å². The van der Waals surface area contributed by atoms with Crippen LogP contribution in [0.5, 0.6) is 0 Å². The van der Waals surface area contributed by atoms with E-state index in [1.807, 2.05) is 27.8 Å². The number of Topliss-reactive ketones (excluding diaryl/α,β-unsaturated/α-hetero) is 1. The molecule has 0 saturated carbocycles. The summed E-state index contributed by atoms with van der Waals surface area (Å²) < 4.78 is 0. The molecule has 0 aromatic carbocycles. The first kappa shape index (κ1) is 10.7. The lowest BCUT2D eigenvalue weighted by Gasteiger charge is -2.35. The molecule has 1 fully saturated rings. The van der Waals surface area contributed by atoms with Crippen molar-refractivity contribution in [3.8, 4) is 0 Å². The summed E-state index contributed by atoms with van der Waals surface area (Å²) in [6.07, 6.45) is 0. The predicted octanol–water partition coefficient (Wildman–Crippen LogP) is 0.505. The van der Waals surface area contributed by atoms with Gasteiger partial charge < -0.3 is 5.32 Å². The zero-order chi connectivity index (χ0) is 10.1. The van der Waals surface area contributed by atoms with E-state index in [1.165, 1.54) is 0 Å². The van der Waals surface area contributed by atoms with E-state index < -0.39 is 0 Å². The van der Waals surface area contributed by atoms with Gasteiger partial charge in [-0.3, -0.25) is 9.69 Å². The molecule has 1 aliphatic heterocycles. The Kier molecular flexibility index (Phi) is 3.09. The normalized spacial score (nSPS) is 26.0. The summed E-state index contributed by atoms with van der Waals surface area (Å²) in [7, 11) is 2.02. The highest BCUT2D eigenvalue weighted by Gasteiger charge is 2.33. The van der Waals surface area contributed by atoms with Crippen LogP contribution in [0.25, 0.3) is 0 Å². The van der Waals surface area contributed by atoms with Gasteiger partial charge >= 0.3 is 0 Å². The highest BCUT2D eigenvalue weighted by atomic mass is 16.1. The highest BCUT2D eigenvalue weighted by molar-refractivity contribution is 5.89. The van der Waals surface area contributed by atoms with E-state index in [9.17, 15) is 4.79 Å². The second-order valence-corrected chi connectivity index (χ2v) is 4.81. The van der Waals surface area contributed by atoms with Crippen LogP contribution in [-0.4, -0.2) is 43.4 Å². The van der Waals surface area contributed by atoms with Gasteiger partial charge in [0, 0.05) is 25.0 Å². The molecule has 3 heteroatoms. The van der Waals surface area contributed by atoms with Crippen molar-refractivity contribution in [3.05, 3.63) is 0 Å². The molecule has 0 aliphatic carbocycles. The Hall–Kier alpha value is -0.410. The number of nitrogens with one attached hydrogen (secondary N) is 1. The lowest BCUT2D eigenvalue weighted by molar-refractivity contribution is -0.131. The first-order chi connectivity index (χ1) is 5.93. The van der Waals surface area contributed by atoms with Gasteiger partial charge in [0.2, 0.25) is 0 Å². The van der Waals surface area contributed by atoms with E-state index in [1.54, 1.807) is 0 Å². The maximum Gasteiger partial charge on any atom is 0.156 e. The molecule has 3 nitrogen and oxygen atoms in total. The van der Waals surface area contributed by atoms with Crippen molar-refractivity contribution in [2.24, 2.45) is 5.41 Å². The molecular weight excluding hydrogens is 164 g/mol. The zero-order valence-corrected chi connectivity index (χ0v) is 9.05. The summed E-state index contributed by atoms with van der Waals surface area (Å²) in [5.41, 5.74) is -0.224. The number of hydrogen-bond donors (Lipinski definition) is 1. The Morgan fingerprint density at radius 2 is 2.08 bits per heavy atom. The van der Waals surface area contributed by atoms with E-state index in [2.05, 4.69) is 10.2 Å².